The number of aliphatic imine (C=N–C) groups is 1. The maximum atomic E-state index is 11.3. The number of nitriles is 2. The molecule has 2 saturated heterocycles. The number of thiocarbonyl (C=S) groups is 1. The lowest BCUT2D eigenvalue weighted by Gasteiger charge is -2.61. The molecule has 8 heteroatoms. The van der Waals surface area contributed by atoms with E-state index in [0.717, 1.165) is 29.8 Å². The van der Waals surface area contributed by atoms with Gasteiger partial charge in [0.25, 0.3) is 0 Å². The minimum absolute atomic E-state index is 0.362. The molecule has 212 valence electrons. The number of nitrogens with zero attached hydrogens (tertiary/aromatic N) is 6. The molecule has 0 aromatic heterocycles. The van der Waals surface area contributed by atoms with Crippen LogP contribution >= 0.6 is 12.2 Å². The largest absolute Gasteiger partial charge is 0.496 e. The molecule has 3 aliphatic heterocycles. The van der Waals surface area contributed by atoms with Gasteiger partial charge in [0, 0.05) is 35.9 Å². The van der Waals surface area contributed by atoms with Crippen LogP contribution in [0.2, 0.25) is 0 Å². The van der Waals surface area contributed by atoms with Gasteiger partial charge in [-0.2, -0.15) is 10.5 Å². The van der Waals surface area contributed by atoms with Gasteiger partial charge in [0.05, 0.1) is 25.9 Å². The van der Waals surface area contributed by atoms with E-state index in [2.05, 4.69) is 60.1 Å². The fourth-order valence-corrected chi connectivity index (χ4v) is 7.62. The number of amidine groups is 1. The van der Waals surface area contributed by atoms with Crippen molar-refractivity contribution < 1.29 is 4.74 Å². The SMILES string of the molecule is CCc1ccccc1N1CN=C2N(C1)C(=S)[C@@]1(C#N)CN(c3ccccc3CC)C[C@@]2(C#N)[C@@H]1c1ccccc1OC. The molecule has 3 atom stereocenters. The summed E-state index contributed by atoms with van der Waals surface area (Å²) in [7, 11) is 1.63. The van der Waals surface area contributed by atoms with Gasteiger partial charge in [0.2, 0.25) is 0 Å². The third kappa shape index (κ3) is 3.97. The first-order valence-corrected chi connectivity index (χ1v) is 14.9. The Morgan fingerprint density at radius 1 is 0.857 bits per heavy atom. The molecule has 0 radical (unpaired) electrons. The Morgan fingerprint density at radius 2 is 1.43 bits per heavy atom. The van der Waals surface area contributed by atoms with Gasteiger partial charge >= 0.3 is 0 Å². The van der Waals surface area contributed by atoms with Crippen LogP contribution < -0.4 is 14.5 Å². The molecule has 6 rings (SSSR count). The molecule has 2 bridgehead atoms. The molecule has 3 aromatic rings. The first-order valence-electron chi connectivity index (χ1n) is 14.5. The van der Waals surface area contributed by atoms with Crippen molar-refractivity contribution >= 4 is 34.4 Å². The Labute approximate surface area is 253 Å². The predicted molar refractivity (Wildman–Crippen MR) is 170 cm³/mol. The summed E-state index contributed by atoms with van der Waals surface area (Å²) < 4.78 is 5.83. The highest BCUT2D eigenvalue weighted by molar-refractivity contribution is 7.80. The molecule has 3 heterocycles. The Morgan fingerprint density at radius 3 is 2.05 bits per heavy atom. The third-order valence-corrected chi connectivity index (χ3v) is 9.71. The van der Waals surface area contributed by atoms with Crippen molar-refractivity contribution in [3.05, 3.63) is 89.5 Å². The summed E-state index contributed by atoms with van der Waals surface area (Å²) in [5, 5.41) is 22.5. The second-order valence-electron chi connectivity index (χ2n) is 11.2. The van der Waals surface area contributed by atoms with Gasteiger partial charge < -0.3 is 19.4 Å². The van der Waals surface area contributed by atoms with Crippen LogP contribution in [0.25, 0.3) is 0 Å². The van der Waals surface area contributed by atoms with E-state index in [9.17, 15) is 10.5 Å². The summed E-state index contributed by atoms with van der Waals surface area (Å²) in [5.74, 6) is 0.731. The number of hydrogen-bond donors (Lipinski definition) is 0. The van der Waals surface area contributed by atoms with Crippen molar-refractivity contribution in [1.29, 1.82) is 10.5 Å². The topological polar surface area (TPSA) is 78.9 Å². The van der Waals surface area contributed by atoms with Crippen molar-refractivity contribution in [3.63, 3.8) is 0 Å². The second-order valence-corrected chi connectivity index (χ2v) is 11.6. The summed E-state index contributed by atoms with van der Waals surface area (Å²) >= 11 is 6.32. The molecular formula is C34H34N6OS. The quantitative estimate of drug-likeness (QED) is 0.338. The zero-order valence-electron chi connectivity index (χ0n) is 24.2. The van der Waals surface area contributed by atoms with Crippen molar-refractivity contribution in [3.8, 4) is 17.9 Å². The van der Waals surface area contributed by atoms with Gasteiger partial charge in [-0.3, -0.25) is 0 Å². The fraction of sp³-hybridized carbons (Fsp3) is 0.353. The minimum atomic E-state index is -1.19. The summed E-state index contributed by atoms with van der Waals surface area (Å²) in [6.07, 6.45) is 1.73. The van der Waals surface area contributed by atoms with Crippen LogP contribution in [0.1, 0.15) is 36.5 Å². The predicted octanol–water partition coefficient (Wildman–Crippen LogP) is 5.92. The molecule has 2 fully saturated rings. The van der Waals surface area contributed by atoms with Gasteiger partial charge in [0.15, 0.2) is 0 Å². The number of ether oxygens (including phenoxy) is 1. The van der Waals surface area contributed by atoms with Gasteiger partial charge in [-0.25, -0.2) is 4.99 Å². The van der Waals surface area contributed by atoms with Crippen molar-refractivity contribution in [2.45, 2.75) is 32.6 Å². The summed E-state index contributed by atoms with van der Waals surface area (Å²) in [5.41, 5.74) is 2.99. The standard InChI is InChI=1S/C34H34N6OS/c1-4-24-12-6-9-15-27(24)38-20-33(18-35)30(26-14-8-11-17-29(26)41-3)34(19-36,21-38)32(42)40-23-39(22-37-31(33)40)28-16-10-7-13-25(28)5-2/h6-17,30H,4-5,20-23H2,1-3H3/t30-,33-,34-/m0/s1. The zero-order chi connectivity index (χ0) is 29.5. The van der Waals surface area contributed by atoms with Crippen molar-refractivity contribution in [1.82, 2.24) is 4.90 Å². The van der Waals surface area contributed by atoms with E-state index in [1.54, 1.807) is 7.11 Å². The minimum Gasteiger partial charge on any atom is -0.496 e. The molecule has 0 unspecified atom stereocenters. The van der Waals surface area contributed by atoms with Crippen molar-refractivity contribution in [2.24, 2.45) is 15.8 Å². The Balaban J connectivity index is 1.58. The van der Waals surface area contributed by atoms with E-state index >= 15 is 0 Å². The van der Waals surface area contributed by atoms with Crippen LogP contribution in [0.5, 0.6) is 5.75 Å². The highest BCUT2D eigenvalue weighted by Gasteiger charge is 2.69. The summed E-state index contributed by atoms with van der Waals surface area (Å²) in [6, 6.07) is 29.7. The van der Waals surface area contributed by atoms with Gasteiger partial charge in [-0.05, 0) is 42.2 Å². The number of rotatable bonds is 6. The highest BCUT2D eigenvalue weighted by atomic mass is 32.1. The maximum absolute atomic E-state index is 11.3. The molecule has 0 aliphatic carbocycles. The average Bonchev–Trinajstić information content (AvgIpc) is 3.06. The van der Waals surface area contributed by atoms with Crippen LogP contribution in [0.3, 0.4) is 0 Å². The second kappa shape index (κ2) is 10.8. The molecule has 0 N–H and O–H groups in total. The lowest BCUT2D eigenvalue weighted by Crippen LogP contribution is -2.73. The zero-order valence-corrected chi connectivity index (χ0v) is 25.1. The van der Waals surface area contributed by atoms with E-state index < -0.39 is 16.7 Å². The smallest absolute Gasteiger partial charge is 0.141 e. The monoisotopic (exact) mass is 574 g/mol. The molecule has 3 aromatic carbocycles. The Bertz CT molecular complexity index is 1660. The lowest BCUT2D eigenvalue weighted by atomic mass is 9.53. The van der Waals surface area contributed by atoms with Crippen LogP contribution in [0.4, 0.5) is 11.4 Å². The van der Waals surface area contributed by atoms with Crippen LogP contribution in [0.15, 0.2) is 77.8 Å². The van der Waals surface area contributed by atoms with Gasteiger partial charge in [-0.15, -0.1) is 0 Å². The van der Waals surface area contributed by atoms with E-state index in [0.29, 0.717) is 43.0 Å². The number of hydrogen-bond acceptors (Lipinski definition) is 7. The van der Waals surface area contributed by atoms with Crippen molar-refractivity contribution in [2.75, 3.05) is 43.3 Å². The first kappa shape index (κ1) is 27.8. The Kier molecular flexibility index (Phi) is 7.12. The number of fused-ring (bicyclic) bond motifs is 4. The average molecular weight is 575 g/mol. The van der Waals surface area contributed by atoms with E-state index in [1.807, 2.05) is 53.4 Å². The maximum Gasteiger partial charge on any atom is 0.141 e. The number of benzene rings is 3. The number of anilines is 2. The molecule has 0 saturated carbocycles. The normalized spacial score (nSPS) is 24.8. The van der Waals surface area contributed by atoms with Gasteiger partial charge in [0.1, 0.15) is 34.1 Å². The summed E-state index contributed by atoms with van der Waals surface area (Å²) in [6.45, 7) is 5.85. The molecule has 0 amide bonds. The molecule has 3 aliphatic rings. The molecule has 42 heavy (non-hydrogen) atoms. The van der Waals surface area contributed by atoms with E-state index in [1.165, 1.54) is 11.1 Å². The number of methoxy groups -OCH3 is 1. The Hall–Kier alpha value is -4.40. The van der Waals surface area contributed by atoms with Crippen LogP contribution in [0, 0.1) is 33.5 Å². The van der Waals surface area contributed by atoms with Gasteiger partial charge in [-0.1, -0.05) is 80.7 Å². The van der Waals surface area contributed by atoms with E-state index in [4.69, 9.17) is 21.9 Å². The number of para-hydroxylation sites is 3. The van der Waals surface area contributed by atoms with Crippen LogP contribution in [-0.4, -0.2) is 49.3 Å². The number of piperidine rings is 2. The van der Waals surface area contributed by atoms with E-state index in [-0.39, 0.29) is 0 Å². The fourth-order valence-electron chi connectivity index (χ4n) is 7.25. The molecule has 7 nitrogen and oxygen atoms in total. The molecule has 0 spiro atoms. The summed E-state index contributed by atoms with van der Waals surface area (Å²) in [4.78, 5) is 12.0. The third-order valence-electron chi connectivity index (χ3n) is 9.13. The molecular weight excluding hydrogens is 540 g/mol. The highest BCUT2D eigenvalue weighted by Crippen LogP contribution is 2.60. The number of aryl methyl sites for hydroxylation is 2. The van der Waals surface area contributed by atoms with Crippen LogP contribution in [-0.2, 0) is 12.8 Å². The first-order chi connectivity index (χ1) is 20.5. The lowest BCUT2D eigenvalue weighted by molar-refractivity contribution is 0.202.